The molecule has 1 fully saturated rings. The quantitative estimate of drug-likeness (QED) is 0.355. The third-order valence-corrected chi connectivity index (χ3v) is 10.3. The van der Waals surface area contributed by atoms with E-state index in [9.17, 15) is 18.0 Å². The second kappa shape index (κ2) is 11.9. The molecule has 4 rings (SSSR count). The monoisotopic (exact) mass is 586 g/mol. The first-order chi connectivity index (χ1) is 17.6. The standard InChI is InChI=1S/C26H32Cl2N2O5S2/c1-3-4-5-9-35-23-19(27)12-16(13-20(23)28)24(31)30-26-22(18-7-6-15(2)11-21(18)36-26)25(32)29-17-8-10-37(33,34)14-17/h12-13,15,17H,3-11,14H2,1-2H3,(H,29,32)(H,30,31). The summed E-state index contributed by atoms with van der Waals surface area (Å²) >= 11 is 14.2. The number of fused-ring (bicyclic) bond motifs is 1. The number of benzene rings is 1. The van der Waals surface area contributed by atoms with E-state index in [2.05, 4.69) is 24.5 Å². The van der Waals surface area contributed by atoms with E-state index in [4.69, 9.17) is 27.9 Å². The Labute approximate surface area is 232 Å². The van der Waals surface area contributed by atoms with Crippen molar-refractivity contribution in [2.45, 2.75) is 64.8 Å². The van der Waals surface area contributed by atoms with Gasteiger partial charge in [-0.1, -0.05) is 49.9 Å². The third kappa shape index (κ3) is 6.80. The van der Waals surface area contributed by atoms with Crippen LogP contribution in [0.25, 0.3) is 0 Å². The number of hydrogen-bond acceptors (Lipinski definition) is 6. The number of ether oxygens (including phenoxy) is 1. The summed E-state index contributed by atoms with van der Waals surface area (Å²) in [6.07, 6.45) is 5.88. The van der Waals surface area contributed by atoms with Gasteiger partial charge < -0.3 is 15.4 Å². The Balaban J connectivity index is 1.56. The van der Waals surface area contributed by atoms with Crippen LogP contribution in [0.5, 0.6) is 5.75 Å². The number of rotatable bonds is 9. The number of thiophene rings is 1. The summed E-state index contributed by atoms with van der Waals surface area (Å²) in [5.41, 5.74) is 1.62. The number of hydrogen-bond donors (Lipinski definition) is 2. The molecule has 202 valence electrons. The van der Waals surface area contributed by atoms with E-state index in [0.29, 0.717) is 35.3 Å². The lowest BCUT2D eigenvalue weighted by Crippen LogP contribution is -2.36. The average Bonchev–Trinajstić information content (AvgIpc) is 3.35. The van der Waals surface area contributed by atoms with Crippen LogP contribution < -0.4 is 15.4 Å². The summed E-state index contributed by atoms with van der Waals surface area (Å²) in [5, 5.41) is 6.72. The Kier molecular flexibility index (Phi) is 9.09. The van der Waals surface area contributed by atoms with Crippen molar-refractivity contribution in [3.05, 3.63) is 43.7 Å². The number of unbranched alkanes of at least 4 members (excludes halogenated alkanes) is 2. The number of halogens is 2. The van der Waals surface area contributed by atoms with Crippen LogP contribution in [-0.2, 0) is 22.7 Å². The van der Waals surface area contributed by atoms with Crippen molar-refractivity contribution in [3.8, 4) is 5.75 Å². The summed E-state index contributed by atoms with van der Waals surface area (Å²) < 4.78 is 29.5. The summed E-state index contributed by atoms with van der Waals surface area (Å²) in [6, 6.07) is 2.59. The van der Waals surface area contributed by atoms with Crippen LogP contribution in [0.4, 0.5) is 5.00 Å². The van der Waals surface area contributed by atoms with E-state index in [-0.39, 0.29) is 33.0 Å². The fourth-order valence-corrected chi connectivity index (χ4v) is 8.45. The van der Waals surface area contributed by atoms with E-state index in [1.54, 1.807) is 0 Å². The first-order valence-corrected chi connectivity index (χ1v) is 16.1. The van der Waals surface area contributed by atoms with E-state index in [0.717, 1.165) is 49.0 Å². The molecule has 0 radical (unpaired) electrons. The smallest absolute Gasteiger partial charge is 0.256 e. The van der Waals surface area contributed by atoms with Gasteiger partial charge in [0.2, 0.25) is 0 Å². The molecule has 7 nitrogen and oxygen atoms in total. The molecule has 37 heavy (non-hydrogen) atoms. The second-order valence-corrected chi connectivity index (χ2v) is 14.1. The minimum Gasteiger partial charge on any atom is -0.490 e. The molecule has 0 spiro atoms. The maximum absolute atomic E-state index is 13.4. The van der Waals surface area contributed by atoms with Crippen molar-refractivity contribution in [1.29, 1.82) is 0 Å². The van der Waals surface area contributed by atoms with E-state index >= 15 is 0 Å². The molecule has 2 aromatic rings. The molecule has 1 aliphatic carbocycles. The molecule has 0 bridgehead atoms. The predicted octanol–water partition coefficient (Wildman–Crippen LogP) is 5.92. The van der Waals surface area contributed by atoms with Crippen LogP contribution in [0, 0.1) is 5.92 Å². The Bertz CT molecular complexity index is 1270. The van der Waals surface area contributed by atoms with Crippen LogP contribution in [0.1, 0.15) is 77.1 Å². The van der Waals surface area contributed by atoms with E-state index in [1.165, 1.54) is 23.5 Å². The zero-order valence-corrected chi connectivity index (χ0v) is 24.1. The van der Waals surface area contributed by atoms with Crippen LogP contribution in [-0.4, -0.2) is 44.4 Å². The van der Waals surface area contributed by atoms with Crippen LogP contribution in [0.3, 0.4) is 0 Å². The molecule has 2 N–H and O–H groups in total. The van der Waals surface area contributed by atoms with Gasteiger partial charge in [-0.2, -0.15) is 0 Å². The Morgan fingerprint density at radius 2 is 1.86 bits per heavy atom. The summed E-state index contributed by atoms with van der Waals surface area (Å²) in [6.45, 7) is 4.75. The molecule has 2 heterocycles. The van der Waals surface area contributed by atoms with E-state index in [1.807, 2.05) is 0 Å². The fourth-order valence-electron chi connectivity index (χ4n) is 4.78. The highest BCUT2D eigenvalue weighted by Crippen LogP contribution is 2.40. The van der Waals surface area contributed by atoms with Crippen molar-refractivity contribution in [2.24, 2.45) is 5.92 Å². The van der Waals surface area contributed by atoms with Gasteiger partial charge in [-0.15, -0.1) is 11.3 Å². The number of sulfone groups is 1. The van der Waals surface area contributed by atoms with Gasteiger partial charge in [-0.05, 0) is 55.7 Å². The summed E-state index contributed by atoms with van der Waals surface area (Å²) in [4.78, 5) is 27.7. The molecule has 0 saturated carbocycles. The van der Waals surface area contributed by atoms with Crippen molar-refractivity contribution in [2.75, 3.05) is 23.4 Å². The lowest BCUT2D eigenvalue weighted by Gasteiger charge is -2.19. The van der Waals surface area contributed by atoms with Gasteiger partial charge in [-0.25, -0.2) is 8.42 Å². The van der Waals surface area contributed by atoms with Crippen LogP contribution in [0.2, 0.25) is 10.0 Å². The van der Waals surface area contributed by atoms with Gasteiger partial charge in [0.25, 0.3) is 11.8 Å². The van der Waals surface area contributed by atoms with Gasteiger partial charge in [-0.3, -0.25) is 9.59 Å². The minimum atomic E-state index is -3.14. The maximum atomic E-state index is 13.4. The highest BCUT2D eigenvalue weighted by atomic mass is 35.5. The SMILES string of the molecule is CCCCCOc1c(Cl)cc(C(=O)Nc2sc3c(c2C(=O)NC2CCS(=O)(=O)C2)CCC(C)C3)cc1Cl. The van der Waals surface area contributed by atoms with Gasteiger partial charge in [0.15, 0.2) is 15.6 Å². The fraction of sp³-hybridized carbons (Fsp3) is 0.538. The number of nitrogens with one attached hydrogen (secondary N) is 2. The van der Waals surface area contributed by atoms with Gasteiger partial charge >= 0.3 is 0 Å². The second-order valence-electron chi connectivity index (χ2n) is 9.91. The first kappa shape index (κ1) is 28.2. The number of amides is 2. The number of anilines is 1. The first-order valence-electron chi connectivity index (χ1n) is 12.7. The molecule has 2 unspecified atom stereocenters. The lowest BCUT2D eigenvalue weighted by molar-refractivity contribution is 0.0941. The van der Waals surface area contributed by atoms with Gasteiger partial charge in [0.1, 0.15) is 5.00 Å². The Hall–Kier alpha value is -1.81. The van der Waals surface area contributed by atoms with Crippen molar-refractivity contribution >= 4 is 61.2 Å². The van der Waals surface area contributed by atoms with Crippen molar-refractivity contribution in [1.82, 2.24) is 5.32 Å². The average molecular weight is 588 g/mol. The van der Waals surface area contributed by atoms with Crippen LogP contribution in [0.15, 0.2) is 12.1 Å². The highest BCUT2D eigenvalue weighted by Gasteiger charge is 2.33. The molecule has 1 saturated heterocycles. The van der Waals surface area contributed by atoms with Crippen LogP contribution >= 0.6 is 34.5 Å². The summed E-state index contributed by atoms with van der Waals surface area (Å²) in [7, 11) is -3.14. The molecule has 1 aromatic heterocycles. The van der Waals surface area contributed by atoms with E-state index < -0.39 is 21.8 Å². The largest absolute Gasteiger partial charge is 0.490 e. The third-order valence-electron chi connectivity index (χ3n) is 6.79. The minimum absolute atomic E-state index is 0.0618. The zero-order valence-electron chi connectivity index (χ0n) is 21.0. The summed E-state index contributed by atoms with van der Waals surface area (Å²) in [5.74, 6) is 0.0481. The zero-order chi connectivity index (χ0) is 26.7. The molecule has 2 aliphatic rings. The normalized spacial score (nSPS) is 20.3. The number of carbonyl (C=O) groups is 2. The van der Waals surface area contributed by atoms with Gasteiger partial charge in [0.05, 0.1) is 33.7 Å². The topological polar surface area (TPSA) is 102 Å². The predicted molar refractivity (Wildman–Crippen MR) is 149 cm³/mol. The Morgan fingerprint density at radius 3 is 2.51 bits per heavy atom. The molecule has 2 atom stereocenters. The molecule has 2 amide bonds. The van der Waals surface area contributed by atoms with Crippen molar-refractivity contribution in [3.63, 3.8) is 0 Å². The van der Waals surface area contributed by atoms with Gasteiger partial charge in [0, 0.05) is 16.5 Å². The molecule has 1 aromatic carbocycles. The Morgan fingerprint density at radius 1 is 1.14 bits per heavy atom. The molecular formula is C26H32Cl2N2O5S2. The van der Waals surface area contributed by atoms with Crippen molar-refractivity contribution < 1.29 is 22.7 Å². The number of carbonyl (C=O) groups excluding carboxylic acids is 2. The molecule has 1 aliphatic heterocycles. The maximum Gasteiger partial charge on any atom is 0.256 e. The molecule has 11 heteroatoms. The molecular weight excluding hydrogens is 555 g/mol. The lowest BCUT2D eigenvalue weighted by atomic mass is 9.88. The highest BCUT2D eigenvalue weighted by molar-refractivity contribution is 7.91.